The predicted octanol–water partition coefficient (Wildman–Crippen LogP) is 6.78. The number of nitrogens with one attached hydrogen (secondary N) is 1. The van der Waals surface area contributed by atoms with Gasteiger partial charge >= 0.3 is 0 Å². The number of para-hydroxylation sites is 1. The largest absolute Gasteiger partial charge is 0.508 e. The van der Waals surface area contributed by atoms with Crippen LogP contribution in [0.4, 0.5) is 4.39 Å². The van der Waals surface area contributed by atoms with Crippen LogP contribution in [0.3, 0.4) is 0 Å². The van der Waals surface area contributed by atoms with Crippen molar-refractivity contribution in [1.29, 1.82) is 0 Å². The average Bonchev–Trinajstić information content (AvgIpc) is 2.73. The standard InChI is InChI=1S/C15H18N2O.C8H9F.C2H6.CH4/c1-11-8-14(9-12(2)17(11)3)16-10-13-6-4-5-7-15(13)18;1-2-7-5-3-4-6-8(7)9;1-2;/h4-9,16,18H,1,10H2,2-3H3;3-6H,2H2,1H3;1-2H3;1H4. The number of nitrogens with zero attached hydrogens (tertiary/aromatic N) is 1. The van der Waals surface area contributed by atoms with Crippen LogP contribution in [0, 0.1) is 5.82 Å². The van der Waals surface area contributed by atoms with E-state index in [2.05, 4.69) is 18.0 Å². The van der Waals surface area contributed by atoms with Crippen LogP contribution in [0.5, 0.6) is 5.75 Å². The van der Waals surface area contributed by atoms with Gasteiger partial charge in [-0.15, -0.1) is 0 Å². The zero-order valence-corrected chi connectivity index (χ0v) is 18.2. The van der Waals surface area contributed by atoms with E-state index in [-0.39, 0.29) is 13.2 Å². The highest BCUT2D eigenvalue weighted by Crippen LogP contribution is 2.20. The Balaban J connectivity index is 0.000000594. The maximum Gasteiger partial charge on any atom is 0.126 e. The normalized spacial score (nSPS) is 12.2. The molecule has 30 heavy (non-hydrogen) atoms. The van der Waals surface area contributed by atoms with Crippen LogP contribution in [0.15, 0.2) is 84.4 Å². The molecule has 0 aliphatic carbocycles. The molecule has 1 aliphatic heterocycles. The van der Waals surface area contributed by atoms with E-state index in [1.54, 1.807) is 18.2 Å². The molecule has 0 fully saturated rings. The van der Waals surface area contributed by atoms with Crippen molar-refractivity contribution >= 4 is 0 Å². The molecule has 2 aromatic carbocycles. The molecule has 3 nitrogen and oxygen atoms in total. The van der Waals surface area contributed by atoms with Gasteiger partial charge in [-0.1, -0.05) is 71.2 Å². The van der Waals surface area contributed by atoms with E-state index in [4.69, 9.17) is 0 Å². The molecule has 3 rings (SSSR count). The van der Waals surface area contributed by atoms with Gasteiger partial charge in [0.25, 0.3) is 0 Å². The fourth-order valence-electron chi connectivity index (χ4n) is 2.61. The molecule has 0 spiro atoms. The van der Waals surface area contributed by atoms with Crippen molar-refractivity contribution < 1.29 is 9.50 Å². The number of hydrogen-bond donors (Lipinski definition) is 2. The molecule has 0 radical (unpaired) electrons. The monoisotopic (exact) mass is 412 g/mol. The van der Waals surface area contributed by atoms with Crippen LogP contribution in [0.1, 0.15) is 46.2 Å². The van der Waals surface area contributed by atoms with E-state index in [9.17, 15) is 9.50 Å². The number of rotatable bonds is 4. The van der Waals surface area contributed by atoms with Gasteiger partial charge < -0.3 is 15.3 Å². The lowest BCUT2D eigenvalue weighted by atomic mass is 10.1. The number of aromatic hydroxyl groups is 1. The lowest BCUT2D eigenvalue weighted by Gasteiger charge is -2.25. The smallest absolute Gasteiger partial charge is 0.126 e. The first-order valence-corrected chi connectivity index (χ1v) is 9.99. The third-order valence-corrected chi connectivity index (χ3v) is 4.46. The first-order valence-electron chi connectivity index (χ1n) is 9.99. The topological polar surface area (TPSA) is 35.5 Å². The van der Waals surface area contributed by atoms with Crippen molar-refractivity contribution in [3.63, 3.8) is 0 Å². The third kappa shape index (κ3) is 8.16. The van der Waals surface area contributed by atoms with Gasteiger partial charge in [-0.05, 0) is 43.2 Å². The number of benzene rings is 2. The highest BCUT2D eigenvalue weighted by atomic mass is 19.1. The molecular weight excluding hydrogens is 375 g/mol. The molecule has 0 saturated heterocycles. The number of halogens is 1. The summed E-state index contributed by atoms with van der Waals surface area (Å²) in [6.07, 6.45) is 4.83. The number of allylic oxidation sites excluding steroid dienone is 3. The Morgan fingerprint density at radius 3 is 2.07 bits per heavy atom. The van der Waals surface area contributed by atoms with E-state index in [1.807, 2.05) is 70.0 Å². The van der Waals surface area contributed by atoms with Crippen LogP contribution < -0.4 is 5.32 Å². The number of phenolic OH excluding ortho intramolecular Hbond substituents is 1. The highest BCUT2D eigenvalue weighted by molar-refractivity contribution is 5.37. The maximum absolute atomic E-state index is 12.6. The summed E-state index contributed by atoms with van der Waals surface area (Å²) in [5.41, 5.74) is 4.78. The summed E-state index contributed by atoms with van der Waals surface area (Å²) in [6, 6.07) is 14.2. The molecule has 1 aliphatic rings. The van der Waals surface area contributed by atoms with Gasteiger partial charge in [-0.2, -0.15) is 0 Å². The SMILES string of the molecule is C.C=C1C=C(NCc2ccccc2O)C=C(C)N1C.CC.CCc1ccccc1F. The third-order valence-electron chi connectivity index (χ3n) is 4.46. The van der Waals surface area contributed by atoms with Gasteiger partial charge in [0, 0.05) is 36.2 Å². The van der Waals surface area contributed by atoms with Gasteiger partial charge in [0.05, 0.1) is 0 Å². The molecule has 0 aromatic heterocycles. The van der Waals surface area contributed by atoms with Crippen molar-refractivity contribution in [2.75, 3.05) is 7.05 Å². The molecule has 2 N–H and O–H groups in total. The quantitative estimate of drug-likeness (QED) is 0.581. The first kappa shape index (κ1) is 27.0. The number of phenols is 1. The van der Waals surface area contributed by atoms with Gasteiger partial charge in [-0.25, -0.2) is 4.39 Å². The van der Waals surface area contributed by atoms with Crippen LogP contribution in [0.25, 0.3) is 0 Å². The molecule has 0 unspecified atom stereocenters. The minimum absolute atomic E-state index is 0. The molecule has 0 saturated carbocycles. The second-order valence-corrected chi connectivity index (χ2v) is 6.36. The summed E-state index contributed by atoms with van der Waals surface area (Å²) >= 11 is 0. The molecule has 0 bridgehead atoms. The lowest BCUT2D eigenvalue weighted by molar-refractivity contribution is 0.466. The Morgan fingerprint density at radius 2 is 1.57 bits per heavy atom. The Labute approximate surface area is 182 Å². The Morgan fingerprint density at radius 1 is 1.00 bits per heavy atom. The fourth-order valence-corrected chi connectivity index (χ4v) is 2.61. The molecule has 1 heterocycles. The molecule has 0 atom stereocenters. The molecule has 2 aromatic rings. The number of hydrogen-bond acceptors (Lipinski definition) is 3. The second-order valence-electron chi connectivity index (χ2n) is 6.36. The van der Waals surface area contributed by atoms with Crippen LogP contribution in [-0.2, 0) is 13.0 Å². The average molecular weight is 413 g/mol. The van der Waals surface area contributed by atoms with E-state index in [0.29, 0.717) is 12.3 Å². The summed E-state index contributed by atoms with van der Waals surface area (Å²) in [5, 5.41) is 13.0. The minimum Gasteiger partial charge on any atom is -0.508 e. The van der Waals surface area contributed by atoms with Crippen molar-refractivity contribution in [2.24, 2.45) is 0 Å². The van der Waals surface area contributed by atoms with E-state index >= 15 is 0 Å². The van der Waals surface area contributed by atoms with E-state index in [1.165, 1.54) is 6.07 Å². The van der Waals surface area contributed by atoms with E-state index in [0.717, 1.165) is 34.6 Å². The zero-order chi connectivity index (χ0) is 21.8. The van der Waals surface area contributed by atoms with Crippen LogP contribution >= 0.6 is 0 Å². The molecule has 164 valence electrons. The molecule has 4 heteroatoms. The predicted molar refractivity (Wildman–Crippen MR) is 128 cm³/mol. The summed E-state index contributed by atoms with van der Waals surface area (Å²) in [4.78, 5) is 2.03. The summed E-state index contributed by atoms with van der Waals surface area (Å²) in [7, 11) is 1.99. The summed E-state index contributed by atoms with van der Waals surface area (Å²) in [6.45, 7) is 12.6. The number of aryl methyl sites for hydroxylation is 1. The van der Waals surface area contributed by atoms with Gasteiger partial charge in [0.2, 0.25) is 0 Å². The zero-order valence-electron chi connectivity index (χ0n) is 18.2. The van der Waals surface area contributed by atoms with Crippen molar-refractivity contribution in [1.82, 2.24) is 10.2 Å². The van der Waals surface area contributed by atoms with Crippen LogP contribution in [0.2, 0.25) is 0 Å². The molecule has 0 amide bonds. The van der Waals surface area contributed by atoms with Crippen molar-refractivity contribution in [3.8, 4) is 5.75 Å². The Kier molecular flexibility index (Phi) is 12.6. The first-order chi connectivity index (χ1) is 13.9. The van der Waals surface area contributed by atoms with Gasteiger partial charge in [-0.3, -0.25) is 0 Å². The lowest BCUT2D eigenvalue weighted by Crippen LogP contribution is -2.21. The Hall–Kier alpha value is -3.01. The minimum atomic E-state index is -0.0972. The van der Waals surface area contributed by atoms with E-state index < -0.39 is 0 Å². The maximum atomic E-state index is 12.6. The van der Waals surface area contributed by atoms with Gasteiger partial charge in [0.15, 0.2) is 0 Å². The Bertz CT molecular complexity index is 856. The number of likely N-dealkylation sites (N-methyl/N-ethyl adjacent to an activating group) is 1. The fraction of sp³-hybridized carbons (Fsp3) is 0.308. The van der Waals surface area contributed by atoms with Gasteiger partial charge in [0.1, 0.15) is 11.6 Å². The van der Waals surface area contributed by atoms with Crippen molar-refractivity contribution in [2.45, 2.75) is 48.1 Å². The summed E-state index contributed by atoms with van der Waals surface area (Å²) in [5.74, 6) is 0.220. The van der Waals surface area contributed by atoms with Crippen molar-refractivity contribution in [3.05, 3.63) is 101 Å². The highest BCUT2D eigenvalue weighted by Gasteiger charge is 2.10. The van der Waals surface area contributed by atoms with Crippen LogP contribution in [-0.4, -0.2) is 17.1 Å². The summed E-state index contributed by atoms with van der Waals surface area (Å²) < 4.78 is 12.6. The molecular formula is C26H37FN2O. The second kappa shape index (κ2) is 14.0.